The van der Waals surface area contributed by atoms with Crippen LogP contribution in [0.5, 0.6) is 0 Å². The first-order valence-corrected chi connectivity index (χ1v) is 20.5. The second kappa shape index (κ2) is 14.0. The van der Waals surface area contributed by atoms with Crippen LogP contribution in [0, 0.1) is 13.8 Å². The number of furan rings is 1. The SMILES string of the molecule is CCCCc1ccc2c(c1)oc1c3c(ccc12)C(CCc1ccccc1-c1n(-c2ccccc2)c2ccccc2[n+]1C)C(CC)(CC)[n+]1cc(C)c(C)cc1-3. The summed E-state index contributed by atoms with van der Waals surface area (Å²) < 4.78 is 14.5. The third kappa shape index (κ3) is 5.55. The molecule has 1 aliphatic heterocycles. The zero-order valence-corrected chi connectivity index (χ0v) is 33.3. The quantitative estimate of drug-likeness (QED) is 0.129. The molecule has 0 fully saturated rings. The fourth-order valence-electron chi connectivity index (χ4n) is 9.98. The Kier molecular flexibility index (Phi) is 8.96. The van der Waals surface area contributed by atoms with Crippen LogP contribution in [-0.2, 0) is 25.4 Å². The van der Waals surface area contributed by atoms with Crippen LogP contribution in [0.2, 0.25) is 0 Å². The highest BCUT2D eigenvalue weighted by atomic mass is 16.3. The molecule has 1 atom stereocenters. The Morgan fingerprint density at radius 1 is 0.745 bits per heavy atom. The van der Waals surface area contributed by atoms with Crippen LogP contribution in [0.15, 0.2) is 126 Å². The number of rotatable bonds is 10. The van der Waals surface area contributed by atoms with E-state index in [0.29, 0.717) is 0 Å². The van der Waals surface area contributed by atoms with Gasteiger partial charge in [0.05, 0.1) is 24.1 Å². The van der Waals surface area contributed by atoms with Gasteiger partial charge >= 0.3 is 0 Å². The van der Waals surface area contributed by atoms with Gasteiger partial charge in [0.15, 0.2) is 22.8 Å². The highest BCUT2D eigenvalue weighted by Gasteiger charge is 2.52. The molecule has 4 nitrogen and oxygen atoms in total. The zero-order chi connectivity index (χ0) is 37.8. The van der Waals surface area contributed by atoms with Gasteiger partial charge in [-0.25, -0.2) is 4.57 Å². The van der Waals surface area contributed by atoms with Gasteiger partial charge in [-0.1, -0.05) is 100.0 Å². The average molecular weight is 724 g/mol. The molecule has 0 spiro atoms. The van der Waals surface area contributed by atoms with E-state index in [4.69, 9.17) is 4.42 Å². The number of fused-ring (bicyclic) bond motifs is 8. The van der Waals surface area contributed by atoms with E-state index in [1.807, 2.05) is 0 Å². The number of hydrogen-bond acceptors (Lipinski definition) is 1. The molecule has 55 heavy (non-hydrogen) atoms. The Morgan fingerprint density at radius 3 is 2.29 bits per heavy atom. The fourth-order valence-corrected chi connectivity index (χ4v) is 9.98. The number of hydrogen-bond donors (Lipinski definition) is 0. The fraction of sp³-hybridized carbons (Fsp3) is 0.294. The molecule has 0 radical (unpaired) electrons. The molecule has 0 N–H and O–H groups in total. The molecule has 0 saturated carbocycles. The van der Waals surface area contributed by atoms with Gasteiger partial charge in [-0.3, -0.25) is 0 Å². The number of imidazole rings is 1. The maximum Gasteiger partial charge on any atom is 0.295 e. The molecule has 3 aromatic heterocycles. The minimum atomic E-state index is -0.0770. The summed E-state index contributed by atoms with van der Waals surface area (Å²) in [6.45, 7) is 11.6. The van der Waals surface area contributed by atoms with Crippen LogP contribution in [0.1, 0.15) is 86.6 Å². The Hall–Kier alpha value is -5.48. The molecule has 0 saturated heterocycles. The molecule has 4 heteroatoms. The molecule has 8 aromatic rings. The van der Waals surface area contributed by atoms with E-state index in [-0.39, 0.29) is 11.5 Å². The molecule has 0 amide bonds. The van der Waals surface area contributed by atoms with E-state index in [1.165, 1.54) is 90.8 Å². The standard InChI is InChI=1S/C51H53N3O/c1-7-10-18-36-25-27-40-41-28-29-42-43(51(8-2,9-3)53-33-35(5)34(4)31-46(53)48(42)49(41)55-47(40)32-36)30-26-37-19-14-15-22-39(37)50-52(6)44-23-16-17-24-45(44)54(50)38-20-12-11-13-21-38/h11-17,19-25,27-29,31-33,43H,7-10,18,26,30H2,1-6H3/q+2. The lowest BCUT2D eigenvalue weighted by Crippen LogP contribution is -2.62. The van der Waals surface area contributed by atoms with Crippen molar-refractivity contribution in [1.29, 1.82) is 0 Å². The van der Waals surface area contributed by atoms with Crippen molar-refractivity contribution < 1.29 is 13.6 Å². The average Bonchev–Trinajstić information content (AvgIpc) is 3.74. The van der Waals surface area contributed by atoms with E-state index in [2.05, 4.69) is 177 Å². The van der Waals surface area contributed by atoms with Gasteiger partial charge in [-0.2, -0.15) is 9.13 Å². The van der Waals surface area contributed by atoms with Gasteiger partial charge in [-0.05, 0) is 98.2 Å². The van der Waals surface area contributed by atoms with Crippen molar-refractivity contribution in [1.82, 2.24) is 4.57 Å². The second-order valence-corrected chi connectivity index (χ2v) is 15.9. The normalized spacial score (nSPS) is 14.8. The number of pyridine rings is 1. The van der Waals surface area contributed by atoms with Gasteiger partial charge in [0.1, 0.15) is 16.9 Å². The van der Waals surface area contributed by atoms with Crippen molar-refractivity contribution in [2.45, 2.75) is 91.0 Å². The Labute approximate surface area is 325 Å². The summed E-state index contributed by atoms with van der Waals surface area (Å²) in [6.07, 6.45) is 9.99. The van der Waals surface area contributed by atoms with E-state index >= 15 is 0 Å². The summed E-state index contributed by atoms with van der Waals surface area (Å²) in [6, 6.07) is 42.8. The molecule has 4 heterocycles. The van der Waals surface area contributed by atoms with Crippen molar-refractivity contribution in [2.75, 3.05) is 0 Å². The van der Waals surface area contributed by atoms with E-state index in [9.17, 15) is 0 Å². The van der Waals surface area contributed by atoms with E-state index in [0.717, 1.165) is 43.3 Å². The van der Waals surface area contributed by atoms with E-state index in [1.54, 1.807) is 0 Å². The monoisotopic (exact) mass is 723 g/mol. The summed E-state index contributed by atoms with van der Waals surface area (Å²) in [4.78, 5) is 0. The summed E-state index contributed by atoms with van der Waals surface area (Å²) in [5.74, 6) is 1.49. The number of aromatic nitrogens is 3. The van der Waals surface area contributed by atoms with Crippen LogP contribution in [-0.4, -0.2) is 4.57 Å². The molecular weight excluding hydrogens is 671 g/mol. The Balaban J connectivity index is 1.21. The molecule has 0 aliphatic carbocycles. The third-order valence-corrected chi connectivity index (χ3v) is 13.1. The van der Waals surface area contributed by atoms with Crippen LogP contribution in [0.4, 0.5) is 0 Å². The molecule has 276 valence electrons. The van der Waals surface area contributed by atoms with Crippen molar-refractivity contribution in [2.24, 2.45) is 7.05 Å². The highest BCUT2D eigenvalue weighted by molar-refractivity contribution is 6.10. The molecule has 0 bridgehead atoms. The minimum absolute atomic E-state index is 0.0770. The lowest BCUT2D eigenvalue weighted by molar-refractivity contribution is -0.763. The molecular formula is C51H53N3O+2. The molecule has 9 rings (SSSR count). The molecule has 5 aromatic carbocycles. The van der Waals surface area contributed by atoms with Crippen molar-refractivity contribution in [3.63, 3.8) is 0 Å². The highest BCUT2D eigenvalue weighted by Crippen LogP contribution is 2.51. The minimum Gasteiger partial charge on any atom is -0.455 e. The van der Waals surface area contributed by atoms with Gasteiger partial charge in [0.25, 0.3) is 5.82 Å². The van der Waals surface area contributed by atoms with Gasteiger partial charge in [0.2, 0.25) is 5.69 Å². The topological polar surface area (TPSA) is 25.8 Å². The molecule has 1 unspecified atom stereocenters. The third-order valence-electron chi connectivity index (χ3n) is 13.1. The first-order chi connectivity index (χ1) is 26.9. The summed E-state index contributed by atoms with van der Waals surface area (Å²) in [7, 11) is 2.22. The van der Waals surface area contributed by atoms with Crippen LogP contribution < -0.4 is 9.13 Å². The number of para-hydroxylation sites is 3. The van der Waals surface area contributed by atoms with Crippen molar-refractivity contribution in [3.8, 4) is 28.3 Å². The summed E-state index contributed by atoms with van der Waals surface area (Å²) >= 11 is 0. The number of aryl methyl sites for hydroxylation is 5. The van der Waals surface area contributed by atoms with Crippen LogP contribution in [0.3, 0.4) is 0 Å². The predicted octanol–water partition coefficient (Wildman–Crippen LogP) is 12.2. The smallest absolute Gasteiger partial charge is 0.295 e. The second-order valence-electron chi connectivity index (χ2n) is 15.9. The number of benzene rings is 5. The number of nitrogens with zero attached hydrogens (tertiary/aromatic N) is 3. The van der Waals surface area contributed by atoms with Crippen molar-refractivity contribution in [3.05, 3.63) is 149 Å². The van der Waals surface area contributed by atoms with Crippen LogP contribution >= 0.6 is 0 Å². The maximum absolute atomic E-state index is 7.00. The van der Waals surface area contributed by atoms with Crippen LogP contribution in [0.25, 0.3) is 61.3 Å². The molecule has 1 aliphatic rings. The first-order valence-electron chi connectivity index (χ1n) is 20.5. The van der Waals surface area contributed by atoms with Gasteiger partial charge in [-0.15, -0.1) is 0 Å². The van der Waals surface area contributed by atoms with Gasteiger partial charge < -0.3 is 4.42 Å². The lowest BCUT2D eigenvalue weighted by atomic mass is 9.68. The Bertz CT molecular complexity index is 2710. The summed E-state index contributed by atoms with van der Waals surface area (Å²) in [5, 5.41) is 2.43. The largest absolute Gasteiger partial charge is 0.455 e. The zero-order valence-electron chi connectivity index (χ0n) is 33.3. The lowest BCUT2D eigenvalue weighted by Gasteiger charge is -2.40. The number of unbranched alkanes of at least 4 members (excludes halogenated alkanes) is 1. The summed E-state index contributed by atoms with van der Waals surface area (Å²) in [5.41, 5.74) is 16.2. The first kappa shape index (κ1) is 35.2. The van der Waals surface area contributed by atoms with Gasteiger partial charge in [0, 0.05) is 35.2 Å². The Morgan fingerprint density at radius 2 is 1.49 bits per heavy atom. The van der Waals surface area contributed by atoms with E-state index < -0.39 is 0 Å². The van der Waals surface area contributed by atoms with Crippen molar-refractivity contribution >= 4 is 33.0 Å². The predicted molar refractivity (Wildman–Crippen MR) is 227 cm³/mol. The maximum atomic E-state index is 7.00.